The van der Waals surface area contributed by atoms with E-state index in [-0.39, 0.29) is 45.5 Å². The molecule has 2 aromatic carbocycles. The van der Waals surface area contributed by atoms with E-state index in [9.17, 15) is 24.6 Å². The van der Waals surface area contributed by atoms with E-state index in [1.807, 2.05) is 20.8 Å². The summed E-state index contributed by atoms with van der Waals surface area (Å²) >= 11 is 6.06. The highest BCUT2D eigenvalue weighted by molar-refractivity contribution is 6.29. The summed E-state index contributed by atoms with van der Waals surface area (Å²) in [5.41, 5.74) is 5.99. The van der Waals surface area contributed by atoms with Gasteiger partial charge in [-0.3, -0.25) is 15.0 Å². The maximum Gasteiger partial charge on any atom is 0.336 e. The number of carboxylic acid groups (broad SMARTS) is 1. The Labute approximate surface area is 224 Å². The number of amidine groups is 1. The molecule has 0 aliphatic carbocycles. The van der Waals surface area contributed by atoms with Gasteiger partial charge in [0.25, 0.3) is 11.8 Å². The second-order valence-electron chi connectivity index (χ2n) is 9.62. The molecule has 3 rings (SSSR count). The minimum atomic E-state index is -1.31. The second-order valence-corrected chi connectivity index (χ2v) is 10.0. The van der Waals surface area contributed by atoms with Crippen LogP contribution in [0.2, 0.25) is 5.15 Å². The highest BCUT2D eigenvalue weighted by Crippen LogP contribution is 2.30. The summed E-state index contributed by atoms with van der Waals surface area (Å²) in [5, 5.41) is 32.5. The fourth-order valence-corrected chi connectivity index (χ4v) is 3.77. The number of aromatic nitrogens is 1. The summed E-state index contributed by atoms with van der Waals surface area (Å²) < 4.78 is 0. The third-order valence-corrected chi connectivity index (χ3v) is 6.08. The number of carbonyl (C=O) groups excluding carboxylic acids is 2. The zero-order chi connectivity index (χ0) is 28.2. The molecule has 1 heterocycles. The zero-order valence-corrected chi connectivity index (χ0v) is 21.8. The molecule has 0 spiro atoms. The molecule has 0 saturated carbocycles. The number of benzene rings is 2. The van der Waals surface area contributed by atoms with Crippen molar-refractivity contribution in [3.05, 3.63) is 82.1 Å². The average Bonchev–Trinajstić information content (AvgIpc) is 2.86. The number of carbonyl (C=O) groups is 3. The highest BCUT2D eigenvalue weighted by Gasteiger charge is 2.27. The van der Waals surface area contributed by atoms with Gasteiger partial charge in [-0.1, -0.05) is 38.4 Å². The first-order chi connectivity index (χ1) is 17.8. The summed E-state index contributed by atoms with van der Waals surface area (Å²) in [5.74, 6) is -2.63. The van der Waals surface area contributed by atoms with Crippen LogP contribution in [0.5, 0.6) is 0 Å². The Balaban J connectivity index is 1.99. The van der Waals surface area contributed by atoms with Gasteiger partial charge in [0.05, 0.1) is 18.2 Å². The molecule has 10 nitrogen and oxygen atoms in total. The van der Waals surface area contributed by atoms with E-state index in [4.69, 9.17) is 22.7 Å². The van der Waals surface area contributed by atoms with Crippen LogP contribution in [0.25, 0.3) is 11.1 Å². The molecule has 1 atom stereocenters. The Kier molecular flexibility index (Phi) is 8.49. The Hall–Kier alpha value is -4.28. The maximum absolute atomic E-state index is 13.1. The Morgan fingerprint density at radius 1 is 1.00 bits per heavy atom. The molecule has 11 heteroatoms. The summed E-state index contributed by atoms with van der Waals surface area (Å²) in [7, 11) is 0. The van der Waals surface area contributed by atoms with Crippen molar-refractivity contribution in [1.82, 2.24) is 10.3 Å². The summed E-state index contributed by atoms with van der Waals surface area (Å²) in [6, 6.07) is 12.7. The van der Waals surface area contributed by atoms with Gasteiger partial charge in [-0.05, 0) is 59.5 Å². The standard InChI is InChI=1S/C27H28ClN5O5/c1-27(2,3)20(13-34)32-24(35)15-6-9-17(19(12-15)26(37)38)18-10-11-21(28)33-22(18)25(36)31-16-7-4-14(5-8-16)23(29)30/h4-12,20,34H,13H2,1-3H3,(H3,29,30)(H,31,36)(H,32,35)(H,37,38)/t20-/m1/s1. The number of halogens is 1. The molecule has 0 bridgehead atoms. The lowest BCUT2D eigenvalue weighted by Crippen LogP contribution is -2.46. The Bertz CT molecular complexity index is 1400. The number of anilines is 1. The molecule has 0 saturated heterocycles. The number of pyridine rings is 1. The van der Waals surface area contributed by atoms with Crippen LogP contribution in [0.1, 0.15) is 57.5 Å². The van der Waals surface area contributed by atoms with Gasteiger partial charge in [0.2, 0.25) is 0 Å². The molecule has 3 aromatic rings. The van der Waals surface area contributed by atoms with Crippen molar-refractivity contribution in [2.75, 3.05) is 11.9 Å². The van der Waals surface area contributed by atoms with Gasteiger partial charge in [0.1, 0.15) is 16.7 Å². The van der Waals surface area contributed by atoms with Crippen molar-refractivity contribution in [3.63, 3.8) is 0 Å². The van der Waals surface area contributed by atoms with Crippen LogP contribution < -0.4 is 16.4 Å². The second kappa shape index (κ2) is 11.4. The number of hydrogen-bond donors (Lipinski definition) is 6. The lowest BCUT2D eigenvalue weighted by atomic mass is 9.87. The molecule has 0 fully saturated rings. The topological polar surface area (TPSA) is 178 Å². The lowest BCUT2D eigenvalue weighted by Gasteiger charge is -2.29. The predicted octanol–water partition coefficient (Wildman–Crippen LogP) is 3.77. The number of nitrogens with zero attached hydrogens (tertiary/aromatic N) is 1. The number of nitrogens with one attached hydrogen (secondary N) is 3. The van der Waals surface area contributed by atoms with Gasteiger partial charge in [-0.25, -0.2) is 9.78 Å². The fraction of sp³-hybridized carbons (Fsp3) is 0.222. The molecule has 0 unspecified atom stereocenters. The normalized spacial score (nSPS) is 11.9. The third kappa shape index (κ3) is 6.53. The highest BCUT2D eigenvalue weighted by atomic mass is 35.5. The number of hydrogen-bond acceptors (Lipinski definition) is 6. The van der Waals surface area contributed by atoms with Crippen LogP contribution in [0.15, 0.2) is 54.6 Å². The molecular formula is C27H28ClN5O5. The predicted molar refractivity (Wildman–Crippen MR) is 145 cm³/mol. The van der Waals surface area contributed by atoms with Crippen molar-refractivity contribution in [3.8, 4) is 11.1 Å². The molecule has 2 amide bonds. The van der Waals surface area contributed by atoms with E-state index in [1.165, 1.54) is 30.3 Å². The van der Waals surface area contributed by atoms with E-state index in [0.29, 0.717) is 11.3 Å². The number of nitrogen functional groups attached to an aromatic ring is 1. The van der Waals surface area contributed by atoms with Gasteiger partial charge in [0.15, 0.2) is 0 Å². The van der Waals surface area contributed by atoms with Gasteiger partial charge in [-0.2, -0.15) is 0 Å². The van der Waals surface area contributed by atoms with Crippen LogP contribution in [0, 0.1) is 10.8 Å². The van der Waals surface area contributed by atoms with Crippen molar-refractivity contribution < 1.29 is 24.6 Å². The SMILES string of the molecule is CC(C)(C)[C@@H](CO)NC(=O)c1ccc(-c2ccc(Cl)nc2C(=O)Nc2ccc(C(=N)N)cc2)c(C(=O)O)c1. The molecule has 0 aliphatic heterocycles. The fourth-order valence-electron chi connectivity index (χ4n) is 3.62. The number of aromatic carboxylic acids is 1. The first-order valence-electron chi connectivity index (χ1n) is 11.5. The number of aliphatic hydroxyl groups excluding tert-OH is 1. The van der Waals surface area contributed by atoms with E-state index in [0.717, 1.165) is 0 Å². The molecule has 38 heavy (non-hydrogen) atoms. The number of rotatable bonds is 8. The molecule has 198 valence electrons. The van der Waals surface area contributed by atoms with Crippen LogP contribution in [0.4, 0.5) is 5.69 Å². The van der Waals surface area contributed by atoms with Crippen LogP contribution in [-0.4, -0.2) is 51.5 Å². The third-order valence-electron chi connectivity index (χ3n) is 5.87. The van der Waals surface area contributed by atoms with Crippen LogP contribution in [0.3, 0.4) is 0 Å². The monoisotopic (exact) mass is 537 g/mol. The number of aliphatic hydroxyl groups is 1. The molecule has 7 N–H and O–H groups in total. The lowest BCUT2D eigenvalue weighted by molar-refractivity contribution is 0.0697. The Morgan fingerprint density at radius 2 is 1.61 bits per heavy atom. The minimum Gasteiger partial charge on any atom is -0.478 e. The van der Waals surface area contributed by atoms with Crippen LogP contribution >= 0.6 is 11.6 Å². The minimum absolute atomic E-state index is 0.0240. The van der Waals surface area contributed by atoms with Crippen molar-refractivity contribution >= 4 is 40.9 Å². The van der Waals surface area contributed by atoms with Crippen LogP contribution in [-0.2, 0) is 0 Å². The summed E-state index contributed by atoms with van der Waals surface area (Å²) in [4.78, 5) is 42.3. The largest absolute Gasteiger partial charge is 0.478 e. The zero-order valence-electron chi connectivity index (χ0n) is 21.0. The van der Waals surface area contributed by atoms with Crippen molar-refractivity contribution in [2.24, 2.45) is 11.1 Å². The van der Waals surface area contributed by atoms with E-state index < -0.39 is 29.2 Å². The van der Waals surface area contributed by atoms with E-state index >= 15 is 0 Å². The smallest absolute Gasteiger partial charge is 0.336 e. The maximum atomic E-state index is 13.1. The molecule has 1 aromatic heterocycles. The number of amides is 2. The van der Waals surface area contributed by atoms with Crippen molar-refractivity contribution in [2.45, 2.75) is 26.8 Å². The first-order valence-corrected chi connectivity index (χ1v) is 11.9. The molecule has 0 aliphatic rings. The summed E-state index contributed by atoms with van der Waals surface area (Å²) in [6.45, 7) is 5.29. The quantitative estimate of drug-likeness (QED) is 0.144. The number of carboxylic acids is 1. The van der Waals surface area contributed by atoms with Gasteiger partial charge in [-0.15, -0.1) is 0 Å². The van der Waals surface area contributed by atoms with E-state index in [1.54, 1.807) is 24.3 Å². The summed E-state index contributed by atoms with van der Waals surface area (Å²) in [6.07, 6.45) is 0. The molecule has 0 radical (unpaired) electrons. The van der Waals surface area contributed by atoms with Gasteiger partial charge in [0, 0.05) is 22.4 Å². The van der Waals surface area contributed by atoms with Crippen molar-refractivity contribution in [1.29, 1.82) is 5.41 Å². The Morgan fingerprint density at radius 3 is 2.16 bits per heavy atom. The first kappa shape index (κ1) is 28.3. The average molecular weight is 538 g/mol. The molecular weight excluding hydrogens is 510 g/mol. The number of nitrogens with two attached hydrogens (primary N) is 1. The van der Waals surface area contributed by atoms with Gasteiger partial charge < -0.3 is 26.6 Å². The van der Waals surface area contributed by atoms with E-state index in [2.05, 4.69) is 15.6 Å². The van der Waals surface area contributed by atoms with Gasteiger partial charge >= 0.3 is 5.97 Å².